The quantitative estimate of drug-likeness (QED) is 0.339. The topological polar surface area (TPSA) is 122 Å². The Morgan fingerprint density at radius 1 is 1.23 bits per heavy atom. The number of thioether (sulfide) groups is 1. The molecule has 0 spiro atoms. The smallest absolute Gasteiger partial charge is 0.252 e. The van der Waals surface area contributed by atoms with Crippen LogP contribution >= 0.6 is 23.4 Å². The molecule has 14 heteroatoms. The molecule has 2 fully saturated rings. The number of anilines is 2. The molecular formula is C29H26ClF3N6O3S. The van der Waals surface area contributed by atoms with Crippen molar-refractivity contribution in [2.24, 2.45) is 0 Å². The predicted molar refractivity (Wildman–Crippen MR) is 154 cm³/mol. The number of hydrogen-bond acceptors (Lipinski definition) is 8. The van der Waals surface area contributed by atoms with E-state index < -0.39 is 60.7 Å². The van der Waals surface area contributed by atoms with Crippen LogP contribution in [0.5, 0.6) is 0 Å². The Morgan fingerprint density at radius 2 is 1.98 bits per heavy atom. The third kappa shape index (κ3) is 6.41. The number of nitrogens with one attached hydrogen (secondary N) is 1. The number of aromatic nitrogens is 2. The van der Waals surface area contributed by atoms with Crippen LogP contribution in [0.25, 0.3) is 0 Å². The van der Waals surface area contributed by atoms with Crippen molar-refractivity contribution in [1.29, 1.82) is 5.26 Å². The molecule has 1 aliphatic heterocycles. The van der Waals surface area contributed by atoms with Crippen LogP contribution in [0.15, 0.2) is 59.6 Å². The standard InChI is InChI=1S/C29H26ClF3N6O3S/c1-43-20-11-16(31)10-19(12-20)38(27(42)23-6-7-24(40)39(23)28-35-9-8-17(15-34)37-28)25(21-4-2-3-5-22(21)30)26(41)36-18-13-29(32,33)14-18/h2-5,8-12,18,23-25,40H,6-7,13-14H2,1H3,(H,36,41). The Kier molecular flexibility index (Phi) is 8.82. The molecule has 2 amide bonds. The molecule has 2 N–H and O–H groups in total. The largest absolute Gasteiger partial charge is 0.373 e. The van der Waals surface area contributed by atoms with Gasteiger partial charge in [0.1, 0.15) is 35.9 Å². The Balaban J connectivity index is 1.64. The summed E-state index contributed by atoms with van der Waals surface area (Å²) in [6, 6.07) is 9.94. The van der Waals surface area contributed by atoms with Crippen molar-refractivity contribution in [3.63, 3.8) is 0 Å². The zero-order chi connectivity index (χ0) is 30.9. The third-order valence-electron chi connectivity index (χ3n) is 7.38. The van der Waals surface area contributed by atoms with E-state index in [4.69, 9.17) is 11.6 Å². The number of carbonyl (C=O) groups is 2. The van der Waals surface area contributed by atoms with E-state index in [9.17, 15) is 33.1 Å². The fraction of sp³-hybridized carbons (Fsp3) is 0.345. The average Bonchev–Trinajstić information content (AvgIpc) is 3.35. The molecule has 43 heavy (non-hydrogen) atoms. The van der Waals surface area contributed by atoms with Gasteiger partial charge in [0.05, 0.1) is 0 Å². The number of aliphatic hydroxyl groups excluding tert-OH is 1. The molecule has 2 aromatic carbocycles. The summed E-state index contributed by atoms with van der Waals surface area (Å²) in [4.78, 5) is 39.7. The number of halogens is 4. The van der Waals surface area contributed by atoms with Crippen molar-refractivity contribution in [3.8, 4) is 6.07 Å². The van der Waals surface area contributed by atoms with Crippen LogP contribution in [0.3, 0.4) is 0 Å². The Bertz CT molecular complexity index is 1580. The number of carbonyl (C=O) groups excluding carboxylic acids is 2. The minimum atomic E-state index is -2.92. The summed E-state index contributed by atoms with van der Waals surface area (Å²) >= 11 is 7.76. The second-order valence-corrected chi connectivity index (χ2v) is 11.6. The fourth-order valence-corrected chi connectivity index (χ4v) is 6.06. The molecule has 3 unspecified atom stereocenters. The molecule has 224 valence electrons. The first kappa shape index (κ1) is 30.6. The molecule has 1 aliphatic carbocycles. The van der Waals surface area contributed by atoms with Crippen LogP contribution in [-0.2, 0) is 9.59 Å². The van der Waals surface area contributed by atoms with Gasteiger partial charge in [-0.05, 0) is 49.4 Å². The maximum absolute atomic E-state index is 14.9. The number of nitriles is 1. The van der Waals surface area contributed by atoms with E-state index in [0.29, 0.717) is 4.90 Å². The number of amides is 2. The first-order chi connectivity index (χ1) is 20.5. The maximum Gasteiger partial charge on any atom is 0.252 e. The zero-order valence-corrected chi connectivity index (χ0v) is 24.3. The van der Waals surface area contributed by atoms with Gasteiger partial charge >= 0.3 is 0 Å². The SMILES string of the molecule is CSc1cc(F)cc(N(C(=O)C2CCC(O)N2c2nccc(C#N)n2)C(C(=O)NC2CC(F)(F)C2)c2ccccc2Cl)c1. The molecule has 3 aromatic rings. The summed E-state index contributed by atoms with van der Waals surface area (Å²) in [5.41, 5.74) is 0.206. The number of nitrogens with zero attached hydrogens (tertiary/aromatic N) is 5. The first-order valence-corrected chi connectivity index (χ1v) is 14.9. The first-order valence-electron chi connectivity index (χ1n) is 13.3. The summed E-state index contributed by atoms with van der Waals surface area (Å²) in [6.45, 7) is 0. The minimum Gasteiger partial charge on any atom is -0.373 e. The van der Waals surface area contributed by atoms with Gasteiger partial charge in [0.15, 0.2) is 0 Å². The van der Waals surface area contributed by atoms with Crippen LogP contribution in [0.1, 0.15) is 43.0 Å². The summed E-state index contributed by atoms with van der Waals surface area (Å²) in [6.07, 6.45) is 0.937. The van der Waals surface area contributed by atoms with E-state index >= 15 is 0 Å². The van der Waals surface area contributed by atoms with Crippen LogP contribution in [0, 0.1) is 17.1 Å². The van der Waals surface area contributed by atoms with Crippen molar-refractivity contribution in [3.05, 3.63) is 76.8 Å². The van der Waals surface area contributed by atoms with Gasteiger partial charge in [0.2, 0.25) is 11.9 Å². The molecule has 9 nitrogen and oxygen atoms in total. The fourth-order valence-electron chi connectivity index (χ4n) is 5.35. The molecule has 0 bridgehead atoms. The molecule has 2 aliphatic rings. The van der Waals surface area contributed by atoms with Crippen molar-refractivity contribution < 1.29 is 27.9 Å². The monoisotopic (exact) mass is 630 g/mol. The predicted octanol–water partition coefficient (Wildman–Crippen LogP) is 4.84. The molecule has 0 radical (unpaired) electrons. The van der Waals surface area contributed by atoms with E-state index in [0.717, 1.165) is 11.0 Å². The summed E-state index contributed by atoms with van der Waals surface area (Å²) in [5, 5.41) is 22.9. The number of rotatable bonds is 8. The van der Waals surface area contributed by atoms with Gasteiger partial charge < -0.3 is 15.3 Å². The molecule has 1 aromatic heterocycles. The van der Waals surface area contributed by atoms with Crippen LogP contribution in [0.4, 0.5) is 24.8 Å². The summed E-state index contributed by atoms with van der Waals surface area (Å²) < 4.78 is 42.3. The Hall–Kier alpha value is -3.86. The lowest BCUT2D eigenvalue weighted by molar-refractivity contribution is -0.133. The highest BCUT2D eigenvalue weighted by Crippen LogP contribution is 2.40. The van der Waals surface area contributed by atoms with Crippen LogP contribution < -0.4 is 15.1 Å². The molecule has 1 saturated heterocycles. The second-order valence-electron chi connectivity index (χ2n) is 10.3. The van der Waals surface area contributed by atoms with Crippen LogP contribution in [-0.4, -0.2) is 57.4 Å². The van der Waals surface area contributed by atoms with Crippen molar-refractivity contribution in [2.45, 2.75) is 60.9 Å². The zero-order valence-electron chi connectivity index (χ0n) is 22.8. The van der Waals surface area contributed by atoms with Gasteiger partial charge in [-0.3, -0.25) is 14.5 Å². The van der Waals surface area contributed by atoms with Gasteiger partial charge in [0.25, 0.3) is 11.8 Å². The minimum absolute atomic E-state index is 0.00696. The Morgan fingerprint density at radius 3 is 2.65 bits per heavy atom. The lowest BCUT2D eigenvalue weighted by atomic mass is 9.87. The number of aliphatic hydroxyl groups is 1. The second kappa shape index (κ2) is 12.4. The molecule has 5 rings (SSSR count). The average molecular weight is 631 g/mol. The highest BCUT2D eigenvalue weighted by molar-refractivity contribution is 7.98. The normalized spacial score (nSPS) is 20.2. The number of hydrogen-bond donors (Lipinski definition) is 2. The highest BCUT2D eigenvalue weighted by atomic mass is 35.5. The lowest BCUT2D eigenvalue weighted by Gasteiger charge is -2.39. The van der Waals surface area contributed by atoms with Gasteiger partial charge in [-0.2, -0.15) is 5.26 Å². The molecule has 3 atom stereocenters. The van der Waals surface area contributed by atoms with Gasteiger partial charge in [-0.15, -0.1) is 11.8 Å². The van der Waals surface area contributed by atoms with Crippen LogP contribution in [0.2, 0.25) is 5.02 Å². The molecule has 1 saturated carbocycles. The highest BCUT2D eigenvalue weighted by Gasteiger charge is 2.49. The van der Waals surface area contributed by atoms with Crippen molar-refractivity contribution in [1.82, 2.24) is 15.3 Å². The lowest BCUT2D eigenvalue weighted by Crippen LogP contribution is -2.56. The summed E-state index contributed by atoms with van der Waals surface area (Å²) in [5.74, 6) is -5.18. The van der Waals surface area contributed by atoms with Gasteiger partial charge in [-0.1, -0.05) is 29.8 Å². The van der Waals surface area contributed by atoms with Crippen molar-refractivity contribution in [2.75, 3.05) is 16.1 Å². The van der Waals surface area contributed by atoms with E-state index in [1.807, 2.05) is 6.07 Å². The van der Waals surface area contributed by atoms with Gasteiger partial charge in [-0.25, -0.2) is 23.1 Å². The van der Waals surface area contributed by atoms with E-state index in [2.05, 4.69) is 15.3 Å². The molecule has 2 heterocycles. The summed E-state index contributed by atoms with van der Waals surface area (Å²) in [7, 11) is 0. The van der Waals surface area contributed by atoms with E-state index in [1.165, 1.54) is 53.2 Å². The van der Waals surface area contributed by atoms with E-state index in [-0.39, 0.29) is 40.8 Å². The number of alkyl halides is 2. The molecular weight excluding hydrogens is 605 g/mol. The van der Waals surface area contributed by atoms with Gasteiger partial charge in [0, 0.05) is 46.2 Å². The maximum atomic E-state index is 14.9. The van der Waals surface area contributed by atoms with Crippen molar-refractivity contribution >= 4 is 46.8 Å². The number of benzene rings is 2. The third-order valence-corrected chi connectivity index (χ3v) is 8.43. The Labute approximate surface area is 254 Å². The van der Waals surface area contributed by atoms with E-state index in [1.54, 1.807) is 18.4 Å².